The minimum atomic E-state index is -0.341. The summed E-state index contributed by atoms with van der Waals surface area (Å²) < 4.78 is 5.89. The molecule has 0 aromatic heterocycles. The lowest BCUT2D eigenvalue weighted by atomic mass is 9.89. The van der Waals surface area contributed by atoms with E-state index < -0.39 is 0 Å². The molecule has 0 aliphatic heterocycles. The van der Waals surface area contributed by atoms with Gasteiger partial charge in [0.05, 0.1) is 0 Å². The van der Waals surface area contributed by atoms with E-state index in [1.807, 2.05) is 62.4 Å². The molecule has 1 amide bonds. The first-order valence-electron chi connectivity index (χ1n) is 10.5. The predicted octanol–water partition coefficient (Wildman–Crippen LogP) is 5.60. The predicted molar refractivity (Wildman–Crippen MR) is 123 cm³/mol. The van der Waals surface area contributed by atoms with Crippen LogP contribution in [0.15, 0.2) is 89.0 Å². The number of carbonyl (C=O) groups is 1. The van der Waals surface area contributed by atoms with Gasteiger partial charge in [-0.1, -0.05) is 59.7 Å². The van der Waals surface area contributed by atoms with E-state index >= 15 is 0 Å². The number of ether oxygens (including phenoxy) is 1. The van der Waals surface area contributed by atoms with E-state index in [0.29, 0.717) is 6.61 Å². The molecule has 0 fully saturated rings. The monoisotopic (exact) mass is 412 g/mol. The van der Waals surface area contributed by atoms with Crippen LogP contribution in [-0.4, -0.2) is 11.9 Å². The first-order chi connectivity index (χ1) is 14.9. The van der Waals surface area contributed by atoms with Gasteiger partial charge in [0.25, 0.3) is 5.91 Å². The third-order valence-electron chi connectivity index (χ3n) is 5.27. The number of rotatable bonds is 7. The SMILES string of the molecule is CC1=CC(/C=C(/C#N)C(=O)NC(C)C)=C(C)[C@@H]1c1ccc(OCc2ccccc2)cc1. The Labute approximate surface area is 184 Å². The maximum absolute atomic E-state index is 12.3. The third-order valence-corrected chi connectivity index (χ3v) is 5.27. The summed E-state index contributed by atoms with van der Waals surface area (Å²) in [5.41, 5.74) is 5.64. The first-order valence-corrected chi connectivity index (χ1v) is 10.5. The largest absolute Gasteiger partial charge is 0.489 e. The molecule has 0 unspecified atom stereocenters. The third kappa shape index (κ3) is 5.52. The van der Waals surface area contributed by atoms with Gasteiger partial charge < -0.3 is 10.1 Å². The van der Waals surface area contributed by atoms with Crippen molar-refractivity contribution in [3.05, 3.63) is 100 Å². The highest BCUT2D eigenvalue weighted by molar-refractivity contribution is 5.98. The molecule has 1 atom stereocenters. The molecule has 0 saturated carbocycles. The molecule has 1 aliphatic rings. The average Bonchev–Trinajstić information content (AvgIpc) is 3.04. The Hall–Kier alpha value is -3.58. The van der Waals surface area contributed by atoms with Crippen molar-refractivity contribution in [2.75, 3.05) is 0 Å². The van der Waals surface area contributed by atoms with Crippen LogP contribution in [0.4, 0.5) is 0 Å². The second-order valence-corrected chi connectivity index (χ2v) is 8.10. The van der Waals surface area contributed by atoms with Crippen LogP contribution in [0.1, 0.15) is 44.7 Å². The first kappa shape index (κ1) is 22.1. The number of amides is 1. The number of nitriles is 1. The maximum Gasteiger partial charge on any atom is 0.262 e. The lowest BCUT2D eigenvalue weighted by molar-refractivity contribution is -0.117. The number of carbonyl (C=O) groups excluding carboxylic acids is 1. The van der Waals surface area contributed by atoms with Crippen molar-refractivity contribution in [2.45, 2.75) is 46.3 Å². The zero-order chi connectivity index (χ0) is 22.4. The van der Waals surface area contributed by atoms with Gasteiger partial charge in [-0.15, -0.1) is 0 Å². The zero-order valence-corrected chi connectivity index (χ0v) is 18.5. The summed E-state index contributed by atoms with van der Waals surface area (Å²) in [6.07, 6.45) is 3.74. The van der Waals surface area contributed by atoms with E-state index in [2.05, 4.69) is 37.4 Å². The molecule has 3 rings (SSSR count). The molecule has 0 heterocycles. The van der Waals surface area contributed by atoms with Gasteiger partial charge in [-0.2, -0.15) is 5.26 Å². The number of nitrogens with one attached hydrogen (secondary N) is 1. The summed E-state index contributed by atoms with van der Waals surface area (Å²) in [7, 11) is 0. The lowest BCUT2D eigenvalue weighted by Gasteiger charge is -2.16. The molecule has 0 bridgehead atoms. The summed E-state index contributed by atoms with van der Waals surface area (Å²) >= 11 is 0. The minimum Gasteiger partial charge on any atom is -0.489 e. The van der Waals surface area contributed by atoms with Crippen LogP contribution in [0.25, 0.3) is 0 Å². The highest BCUT2D eigenvalue weighted by Gasteiger charge is 2.24. The molecule has 4 nitrogen and oxygen atoms in total. The normalized spacial score (nSPS) is 16.2. The molecule has 31 heavy (non-hydrogen) atoms. The molecule has 4 heteroatoms. The van der Waals surface area contributed by atoms with Gasteiger partial charge in [0.1, 0.15) is 24.0 Å². The molecule has 1 aliphatic carbocycles. The molecule has 2 aromatic rings. The van der Waals surface area contributed by atoms with Gasteiger partial charge in [-0.25, -0.2) is 0 Å². The fourth-order valence-corrected chi connectivity index (χ4v) is 3.76. The highest BCUT2D eigenvalue weighted by atomic mass is 16.5. The Morgan fingerprint density at radius 3 is 2.42 bits per heavy atom. The summed E-state index contributed by atoms with van der Waals surface area (Å²) in [5.74, 6) is 0.612. The van der Waals surface area contributed by atoms with Crippen LogP contribution in [0, 0.1) is 11.3 Å². The van der Waals surface area contributed by atoms with E-state index in [4.69, 9.17) is 4.74 Å². The Morgan fingerprint density at radius 2 is 1.81 bits per heavy atom. The second kappa shape index (κ2) is 9.95. The topological polar surface area (TPSA) is 62.1 Å². The van der Waals surface area contributed by atoms with Crippen molar-refractivity contribution in [3.63, 3.8) is 0 Å². The number of hydrogen-bond acceptors (Lipinski definition) is 3. The van der Waals surface area contributed by atoms with Gasteiger partial charge in [-0.05, 0) is 62.6 Å². The van der Waals surface area contributed by atoms with Crippen molar-refractivity contribution in [2.24, 2.45) is 0 Å². The summed E-state index contributed by atoms with van der Waals surface area (Å²) in [5, 5.41) is 12.2. The molecule has 0 radical (unpaired) electrons. The molecular weight excluding hydrogens is 384 g/mol. The molecule has 0 spiro atoms. The smallest absolute Gasteiger partial charge is 0.262 e. The van der Waals surface area contributed by atoms with Gasteiger partial charge in [0.15, 0.2) is 0 Å². The quantitative estimate of drug-likeness (QED) is 0.476. The molecule has 0 saturated heterocycles. The van der Waals surface area contributed by atoms with Crippen LogP contribution in [0.2, 0.25) is 0 Å². The van der Waals surface area contributed by atoms with E-state index in [1.54, 1.807) is 6.08 Å². The second-order valence-electron chi connectivity index (χ2n) is 8.10. The van der Waals surface area contributed by atoms with Crippen molar-refractivity contribution >= 4 is 5.91 Å². The van der Waals surface area contributed by atoms with Crippen LogP contribution >= 0.6 is 0 Å². The summed E-state index contributed by atoms with van der Waals surface area (Å²) in [6.45, 7) is 8.42. The van der Waals surface area contributed by atoms with E-state index in [1.165, 1.54) is 5.57 Å². The van der Waals surface area contributed by atoms with Crippen molar-refractivity contribution < 1.29 is 9.53 Å². The number of hydrogen-bond donors (Lipinski definition) is 1. The molecule has 1 N–H and O–H groups in total. The minimum absolute atomic E-state index is 0.0180. The van der Waals surface area contributed by atoms with Gasteiger partial charge >= 0.3 is 0 Å². The fourth-order valence-electron chi connectivity index (χ4n) is 3.76. The van der Waals surface area contributed by atoms with E-state index in [-0.39, 0.29) is 23.4 Å². The van der Waals surface area contributed by atoms with E-state index in [9.17, 15) is 10.1 Å². The van der Waals surface area contributed by atoms with Crippen molar-refractivity contribution in [3.8, 4) is 11.8 Å². The highest BCUT2D eigenvalue weighted by Crippen LogP contribution is 2.40. The van der Waals surface area contributed by atoms with Crippen molar-refractivity contribution in [1.29, 1.82) is 5.26 Å². The maximum atomic E-state index is 12.3. The Bertz CT molecular complexity index is 1070. The molecule has 158 valence electrons. The van der Waals surface area contributed by atoms with Crippen LogP contribution in [0.3, 0.4) is 0 Å². The standard InChI is InChI=1S/C27H28N2O2/c1-18(2)29-27(30)24(16-28)15-23-14-19(3)26(20(23)4)22-10-12-25(13-11-22)31-17-21-8-6-5-7-9-21/h5-15,18,26H,17H2,1-4H3,(H,29,30)/b24-15-/t26-/m1/s1. The summed E-state index contributed by atoms with van der Waals surface area (Å²) in [6, 6.07) is 20.2. The number of benzene rings is 2. The van der Waals surface area contributed by atoms with Gasteiger partial charge in [0.2, 0.25) is 0 Å². The van der Waals surface area contributed by atoms with Gasteiger partial charge in [0, 0.05) is 12.0 Å². The number of nitrogens with zero attached hydrogens (tertiary/aromatic N) is 1. The van der Waals surface area contributed by atoms with Crippen LogP contribution in [-0.2, 0) is 11.4 Å². The lowest BCUT2D eigenvalue weighted by Crippen LogP contribution is -2.31. The Balaban J connectivity index is 1.76. The molecule has 2 aromatic carbocycles. The summed E-state index contributed by atoms with van der Waals surface area (Å²) in [4.78, 5) is 12.3. The Kier molecular flexibility index (Phi) is 7.10. The Morgan fingerprint density at radius 1 is 1.13 bits per heavy atom. The van der Waals surface area contributed by atoms with E-state index in [0.717, 1.165) is 28.0 Å². The van der Waals surface area contributed by atoms with Crippen molar-refractivity contribution in [1.82, 2.24) is 5.32 Å². The van der Waals surface area contributed by atoms with Gasteiger partial charge in [-0.3, -0.25) is 4.79 Å². The van der Waals surface area contributed by atoms with Crippen LogP contribution < -0.4 is 10.1 Å². The van der Waals surface area contributed by atoms with Crippen LogP contribution in [0.5, 0.6) is 5.75 Å². The average molecular weight is 413 g/mol. The molecular formula is C27H28N2O2. The zero-order valence-electron chi connectivity index (χ0n) is 18.5. The number of allylic oxidation sites excluding steroid dienone is 5. The fraction of sp³-hybridized carbons (Fsp3) is 0.259.